The van der Waals surface area contributed by atoms with Crippen LogP contribution in [0.3, 0.4) is 0 Å². The van der Waals surface area contributed by atoms with Gasteiger partial charge in [-0.05, 0) is 24.6 Å². The van der Waals surface area contributed by atoms with Gasteiger partial charge in [0.25, 0.3) is 0 Å². The molecule has 1 aliphatic heterocycles. The van der Waals surface area contributed by atoms with E-state index >= 15 is 0 Å². The molecular weight excluding hydrogens is 337 g/mol. The highest BCUT2D eigenvalue weighted by Gasteiger charge is 2.23. The van der Waals surface area contributed by atoms with Gasteiger partial charge in [-0.3, -0.25) is 4.79 Å². The minimum atomic E-state index is 0.0854. The van der Waals surface area contributed by atoms with E-state index in [9.17, 15) is 4.79 Å². The minimum absolute atomic E-state index is 0.0854. The maximum atomic E-state index is 12.1. The van der Waals surface area contributed by atoms with E-state index in [1.807, 2.05) is 0 Å². The zero-order valence-corrected chi connectivity index (χ0v) is 14.0. The van der Waals surface area contributed by atoms with Crippen LogP contribution in [-0.2, 0) is 11.2 Å². The number of likely N-dealkylation sites (tertiary alicyclic amines) is 1. The Kier molecular flexibility index (Phi) is 4.90. The molecule has 1 aliphatic rings. The Morgan fingerprint density at radius 1 is 1.43 bits per heavy atom. The van der Waals surface area contributed by atoms with E-state index in [1.165, 1.54) is 0 Å². The summed E-state index contributed by atoms with van der Waals surface area (Å²) in [6, 6.07) is 5.27. The van der Waals surface area contributed by atoms with Crippen molar-refractivity contribution in [3.8, 4) is 11.3 Å². The molecule has 0 unspecified atom stereocenters. The number of hydrogen-bond donors (Lipinski definition) is 1. The molecule has 0 spiro atoms. The van der Waals surface area contributed by atoms with Gasteiger partial charge in [0.2, 0.25) is 5.91 Å². The Morgan fingerprint density at radius 3 is 2.96 bits per heavy atom. The first-order chi connectivity index (χ1) is 11.0. The molecule has 5 nitrogen and oxygen atoms in total. The molecule has 2 N–H and O–H groups in total. The number of halogens is 2. The molecule has 0 aliphatic carbocycles. The summed E-state index contributed by atoms with van der Waals surface area (Å²) in [6.45, 7) is 1.37. The average molecular weight is 354 g/mol. The number of carbonyl (C=O) groups is 1. The largest absolute Gasteiger partial charge is 0.441 e. The fraction of sp³-hybridized carbons (Fsp3) is 0.375. The molecule has 0 saturated carbocycles. The van der Waals surface area contributed by atoms with E-state index in [0.717, 1.165) is 18.5 Å². The first kappa shape index (κ1) is 16.3. The normalized spacial score (nSPS) is 17.7. The lowest BCUT2D eigenvalue weighted by atomic mass is 10.2. The van der Waals surface area contributed by atoms with Crippen molar-refractivity contribution in [3.05, 3.63) is 40.3 Å². The van der Waals surface area contributed by atoms with Gasteiger partial charge in [-0.15, -0.1) is 0 Å². The number of oxazole rings is 1. The van der Waals surface area contributed by atoms with E-state index in [2.05, 4.69) is 4.98 Å². The lowest BCUT2D eigenvalue weighted by molar-refractivity contribution is -0.130. The first-order valence-electron chi connectivity index (χ1n) is 7.46. The number of rotatable bonds is 4. The predicted octanol–water partition coefficient (Wildman–Crippen LogP) is 3.14. The lowest BCUT2D eigenvalue weighted by Gasteiger charge is -2.14. The monoisotopic (exact) mass is 353 g/mol. The Labute approximate surface area is 144 Å². The van der Waals surface area contributed by atoms with Crippen LogP contribution in [0.15, 0.2) is 28.8 Å². The molecular formula is C16H17Cl2N3O2. The Morgan fingerprint density at radius 2 is 2.26 bits per heavy atom. The molecule has 3 rings (SSSR count). The quantitative estimate of drug-likeness (QED) is 0.916. The van der Waals surface area contributed by atoms with Gasteiger partial charge in [0.05, 0.1) is 11.2 Å². The van der Waals surface area contributed by atoms with E-state index in [-0.39, 0.29) is 11.9 Å². The van der Waals surface area contributed by atoms with Crippen LogP contribution in [0, 0.1) is 0 Å². The summed E-state index contributed by atoms with van der Waals surface area (Å²) in [5.41, 5.74) is 6.54. The number of aromatic nitrogens is 1. The molecule has 2 aromatic rings. The molecule has 0 radical (unpaired) electrons. The number of benzene rings is 1. The van der Waals surface area contributed by atoms with Crippen molar-refractivity contribution in [2.75, 3.05) is 13.1 Å². The maximum Gasteiger partial charge on any atom is 0.223 e. The summed E-state index contributed by atoms with van der Waals surface area (Å²) in [5.74, 6) is 1.17. The van der Waals surface area contributed by atoms with Gasteiger partial charge < -0.3 is 15.1 Å². The number of aryl methyl sites for hydroxylation is 1. The van der Waals surface area contributed by atoms with Gasteiger partial charge in [0.15, 0.2) is 11.7 Å². The standard InChI is InChI=1S/C16H17Cl2N3O2/c17-10-1-2-12(13(18)7-10)14-8-20-15(23-14)3-4-16(22)21-6-5-11(19)9-21/h1-2,7-8,11H,3-6,9,19H2/t11-/m1/s1. The minimum Gasteiger partial charge on any atom is -0.441 e. The third-order valence-electron chi connectivity index (χ3n) is 3.88. The number of carbonyl (C=O) groups excluding carboxylic acids is 1. The summed E-state index contributed by atoms with van der Waals surface area (Å²) in [4.78, 5) is 18.1. The number of amides is 1. The van der Waals surface area contributed by atoms with E-state index in [4.69, 9.17) is 33.4 Å². The van der Waals surface area contributed by atoms with Crippen molar-refractivity contribution >= 4 is 29.1 Å². The van der Waals surface area contributed by atoms with Crippen molar-refractivity contribution in [2.45, 2.75) is 25.3 Å². The Balaban J connectivity index is 1.62. The molecule has 7 heteroatoms. The van der Waals surface area contributed by atoms with Crippen LogP contribution in [0.2, 0.25) is 10.0 Å². The van der Waals surface area contributed by atoms with Gasteiger partial charge in [0, 0.05) is 42.6 Å². The number of nitrogens with zero attached hydrogens (tertiary/aromatic N) is 2. The summed E-state index contributed by atoms with van der Waals surface area (Å²) >= 11 is 12.0. The van der Waals surface area contributed by atoms with Crippen LogP contribution in [-0.4, -0.2) is 34.9 Å². The zero-order valence-electron chi connectivity index (χ0n) is 12.5. The van der Waals surface area contributed by atoms with E-state index in [0.29, 0.717) is 41.1 Å². The second-order valence-electron chi connectivity index (χ2n) is 5.63. The highest BCUT2D eigenvalue weighted by atomic mass is 35.5. The average Bonchev–Trinajstić information content (AvgIpc) is 3.14. The summed E-state index contributed by atoms with van der Waals surface area (Å²) in [5, 5.41) is 1.07. The fourth-order valence-corrected chi connectivity index (χ4v) is 3.13. The smallest absolute Gasteiger partial charge is 0.223 e. The van der Waals surface area contributed by atoms with Crippen molar-refractivity contribution < 1.29 is 9.21 Å². The van der Waals surface area contributed by atoms with Crippen molar-refractivity contribution in [1.82, 2.24) is 9.88 Å². The van der Waals surface area contributed by atoms with Gasteiger partial charge >= 0.3 is 0 Å². The van der Waals surface area contributed by atoms with Gasteiger partial charge in [-0.25, -0.2) is 4.98 Å². The van der Waals surface area contributed by atoms with Crippen LogP contribution >= 0.6 is 23.2 Å². The van der Waals surface area contributed by atoms with E-state index in [1.54, 1.807) is 29.3 Å². The molecule has 1 aromatic carbocycles. The lowest BCUT2D eigenvalue weighted by Crippen LogP contribution is -2.31. The molecule has 1 aromatic heterocycles. The van der Waals surface area contributed by atoms with Crippen LogP contribution < -0.4 is 5.73 Å². The predicted molar refractivity (Wildman–Crippen MR) is 89.5 cm³/mol. The van der Waals surface area contributed by atoms with Crippen LogP contribution in [0.4, 0.5) is 0 Å². The van der Waals surface area contributed by atoms with Crippen molar-refractivity contribution in [1.29, 1.82) is 0 Å². The van der Waals surface area contributed by atoms with Gasteiger partial charge in [-0.2, -0.15) is 0 Å². The summed E-state index contributed by atoms with van der Waals surface area (Å²) < 4.78 is 5.69. The van der Waals surface area contributed by atoms with Gasteiger partial charge in [0.1, 0.15) is 0 Å². The molecule has 0 bridgehead atoms. The molecule has 1 fully saturated rings. The second-order valence-corrected chi connectivity index (χ2v) is 6.47. The Bertz CT molecular complexity index is 717. The third-order valence-corrected chi connectivity index (χ3v) is 4.43. The zero-order chi connectivity index (χ0) is 16.4. The topological polar surface area (TPSA) is 72.4 Å². The molecule has 1 atom stereocenters. The maximum absolute atomic E-state index is 12.1. The molecule has 2 heterocycles. The second kappa shape index (κ2) is 6.91. The fourth-order valence-electron chi connectivity index (χ4n) is 2.63. The van der Waals surface area contributed by atoms with Gasteiger partial charge in [-0.1, -0.05) is 23.2 Å². The SMILES string of the molecule is N[C@@H]1CCN(C(=O)CCc2ncc(-c3ccc(Cl)cc3Cl)o2)C1. The van der Waals surface area contributed by atoms with E-state index < -0.39 is 0 Å². The van der Waals surface area contributed by atoms with Crippen molar-refractivity contribution in [2.24, 2.45) is 5.73 Å². The molecule has 122 valence electrons. The Hall–Kier alpha value is -1.56. The highest BCUT2D eigenvalue weighted by molar-refractivity contribution is 6.36. The van der Waals surface area contributed by atoms with Crippen LogP contribution in [0.25, 0.3) is 11.3 Å². The van der Waals surface area contributed by atoms with Crippen LogP contribution in [0.1, 0.15) is 18.7 Å². The van der Waals surface area contributed by atoms with Crippen molar-refractivity contribution in [3.63, 3.8) is 0 Å². The molecule has 23 heavy (non-hydrogen) atoms. The summed E-state index contributed by atoms with van der Waals surface area (Å²) in [6.07, 6.45) is 3.29. The molecule has 1 saturated heterocycles. The number of hydrogen-bond acceptors (Lipinski definition) is 4. The third kappa shape index (κ3) is 3.86. The summed E-state index contributed by atoms with van der Waals surface area (Å²) in [7, 11) is 0. The molecule has 1 amide bonds. The highest BCUT2D eigenvalue weighted by Crippen LogP contribution is 2.30. The van der Waals surface area contributed by atoms with Crippen LogP contribution in [0.5, 0.6) is 0 Å². The first-order valence-corrected chi connectivity index (χ1v) is 8.22. The number of nitrogens with two attached hydrogens (primary N) is 1.